The zero-order valence-corrected chi connectivity index (χ0v) is 9.41. The van der Waals surface area contributed by atoms with Crippen molar-refractivity contribution < 1.29 is 4.79 Å². The second kappa shape index (κ2) is 5.89. The molecule has 0 saturated carbocycles. The van der Waals surface area contributed by atoms with Gasteiger partial charge >= 0.3 is 6.03 Å². The highest BCUT2D eigenvalue weighted by Gasteiger charge is 2.02. The van der Waals surface area contributed by atoms with E-state index < -0.39 is 0 Å². The highest BCUT2D eigenvalue weighted by Crippen LogP contribution is 1.98. The topological polar surface area (TPSA) is 86.9 Å². The molecule has 3 N–H and O–H groups in total. The number of anilines is 1. The smallest absolute Gasteiger partial charge is 0.320 e. The Morgan fingerprint density at radius 1 is 1.50 bits per heavy atom. The van der Waals surface area contributed by atoms with Crippen molar-refractivity contribution in [2.45, 2.75) is 20.3 Å². The molecule has 0 radical (unpaired) electrons. The predicted molar refractivity (Wildman–Crippen MR) is 61.3 cm³/mol. The molecule has 6 nitrogen and oxygen atoms in total. The van der Waals surface area contributed by atoms with Crippen LogP contribution in [0, 0.1) is 5.92 Å². The average Bonchev–Trinajstić information content (AvgIpc) is 2.21. The minimum atomic E-state index is -0.319. The van der Waals surface area contributed by atoms with Gasteiger partial charge in [0, 0.05) is 12.6 Å². The Labute approximate surface area is 93.5 Å². The summed E-state index contributed by atoms with van der Waals surface area (Å²) in [7, 11) is 0. The maximum atomic E-state index is 11.3. The van der Waals surface area contributed by atoms with Gasteiger partial charge in [-0.05, 0) is 18.4 Å². The number of nitrogens with one attached hydrogen (secondary N) is 3. The summed E-state index contributed by atoms with van der Waals surface area (Å²) in [6.45, 7) is 4.79. The number of hydrogen-bond acceptors (Lipinski definition) is 3. The fraction of sp³-hybridized carbons (Fsp3) is 0.500. The van der Waals surface area contributed by atoms with E-state index in [0.29, 0.717) is 18.3 Å². The molecule has 88 valence electrons. The standard InChI is InChI=1S/C10H16N4O2/c1-7(2)5-6-11-10(16)12-8-3-4-9(15)14-13-8/h3-4,7H,5-6H2,1-2H3,(H,14,15)(H2,11,12,13,16). The van der Waals surface area contributed by atoms with Crippen LogP contribution in [-0.4, -0.2) is 22.8 Å². The number of carbonyl (C=O) groups is 1. The van der Waals surface area contributed by atoms with E-state index in [1.807, 2.05) is 0 Å². The molecule has 0 unspecified atom stereocenters. The molecular weight excluding hydrogens is 208 g/mol. The van der Waals surface area contributed by atoms with Gasteiger partial charge in [-0.25, -0.2) is 9.89 Å². The molecule has 0 saturated heterocycles. The molecule has 1 heterocycles. The minimum Gasteiger partial charge on any atom is -0.338 e. The van der Waals surface area contributed by atoms with E-state index in [0.717, 1.165) is 6.42 Å². The van der Waals surface area contributed by atoms with Gasteiger partial charge in [-0.1, -0.05) is 13.8 Å². The van der Waals surface area contributed by atoms with Gasteiger partial charge in [0.2, 0.25) is 0 Å². The van der Waals surface area contributed by atoms with Crippen molar-refractivity contribution in [2.24, 2.45) is 5.92 Å². The van der Waals surface area contributed by atoms with E-state index in [-0.39, 0.29) is 11.6 Å². The van der Waals surface area contributed by atoms with E-state index in [9.17, 15) is 9.59 Å². The van der Waals surface area contributed by atoms with Crippen molar-refractivity contribution in [3.63, 3.8) is 0 Å². The van der Waals surface area contributed by atoms with E-state index in [1.54, 1.807) is 0 Å². The van der Waals surface area contributed by atoms with Gasteiger partial charge in [0.15, 0.2) is 5.82 Å². The Hall–Kier alpha value is -1.85. The van der Waals surface area contributed by atoms with Crippen LogP contribution in [0.3, 0.4) is 0 Å². The van der Waals surface area contributed by atoms with Crippen LogP contribution < -0.4 is 16.2 Å². The number of aromatic nitrogens is 2. The summed E-state index contributed by atoms with van der Waals surface area (Å²) in [5.74, 6) is 0.869. The number of hydrogen-bond donors (Lipinski definition) is 3. The molecule has 1 rings (SSSR count). The quantitative estimate of drug-likeness (QED) is 0.711. The summed E-state index contributed by atoms with van der Waals surface area (Å²) < 4.78 is 0. The molecule has 0 aromatic carbocycles. The molecule has 6 heteroatoms. The van der Waals surface area contributed by atoms with Gasteiger partial charge in [0.05, 0.1) is 0 Å². The third-order valence-electron chi connectivity index (χ3n) is 1.93. The first-order valence-corrected chi connectivity index (χ1v) is 5.18. The molecule has 0 aliphatic carbocycles. The van der Waals surface area contributed by atoms with Crippen molar-refractivity contribution in [2.75, 3.05) is 11.9 Å². The summed E-state index contributed by atoms with van der Waals surface area (Å²) in [5.41, 5.74) is -0.300. The number of amides is 2. The molecule has 0 fully saturated rings. The molecular formula is C10H16N4O2. The number of H-pyrrole nitrogens is 1. The third kappa shape index (κ3) is 4.59. The van der Waals surface area contributed by atoms with E-state index in [4.69, 9.17) is 0 Å². The first kappa shape index (κ1) is 12.2. The SMILES string of the molecule is CC(C)CCNC(=O)Nc1ccc(=O)[nH]n1. The maximum absolute atomic E-state index is 11.3. The second-order valence-electron chi connectivity index (χ2n) is 3.87. The Balaban J connectivity index is 2.34. The molecule has 16 heavy (non-hydrogen) atoms. The van der Waals surface area contributed by atoms with Crippen LogP contribution in [0.4, 0.5) is 10.6 Å². The van der Waals surface area contributed by atoms with Crippen LogP contribution in [0.25, 0.3) is 0 Å². The number of aromatic amines is 1. The molecule has 0 bridgehead atoms. The lowest BCUT2D eigenvalue weighted by Gasteiger charge is -2.07. The lowest BCUT2D eigenvalue weighted by atomic mass is 10.1. The summed E-state index contributed by atoms with van der Waals surface area (Å²) in [6, 6.07) is 2.43. The van der Waals surface area contributed by atoms with Gasteiger partial charge in [-0.15, -0.1) is 0 Å². The Morgan fingerprint density at radius 3 is 2.81 bits per heavy atom. The van der Waals surface area contributed by atoms with Crippen molar-refractivity contribution >= 4 is 11.8 Å². The van der Waals surface area contributed by atoms with Gasteiger partial charge in [0.1, 0.15) is 0 Å². The van der Waals surface area contributed by atoms with Crippen LogP contribution >= 0.6 is 0 Å². The van der Waals surface area contributed by atoms with Crippen LogP contribution in [0.15, 0.2) is 16.9 Å². The van der Waals surface area contributed by atoms with Crippen molar-refractivity contribution in [3.05, 3.63) is 22.5 Å². The van der Waals surface area contributed by atoms with Crippen LogP contribution in [-0.2, 0) is 0 Å². The normalized spacial score (nSPS) is 10.2. The molecule has 0 aliphatic heterocycles. The lowest BCUT2D eigenvalue weighted by Crippen LogP contribution is -2.30. The largest absolute Gasteiger partial charge is 0.338 e. The second-order valence-corrected chi connectivity index (χ2v) is 3.87. The van der Waals surface area contributed by atoms with Crippen molar-refractivity contribution in [1.82, 2.24) is 15.5 Å². The zero-order chi connectivity index (χ0) is 12.0. The maximum Gasteiger partial charge on any atom is 0.320 e. The van der Waals surface area contributed by atoms with E-state index >= 15 is 0 Å². The summed E-state index contributed by atoms with van der Waals surface area (Å²) in [6.07, 6.45) is 0.923. The van der Waals surface area contributed by atoms with Gasteiger partial charge in [-0.2, -0.15) is 5.10 Å². The summed E-state index contributed by atoms with van der Waals surface area (Å²) >= 11 is 0. The van der Waals surface area contributed by atoms with E-state index in [2.05, 4.69) is 34.7 Å². The van der Waals surface area contributed by atoms with Gasteiger partial charge < -0.3 is 5.32 Å². The number of nitrogens with zero attached hydrogens (tertiary/aromatic N) is 1. The average molecular weight is 224 g/mol. The Morgan fingerprint density at radius 2 is 2.25 bits per heavy atom. The molecule has 1 aromatic heterocycles. The molecule has 2 amide bonds. The molecule has 0 aliphatic rings. The first-order chi connectivity index (χ1) is 7.58. The first-order valence-electron chi connectivity index (χ1n) is 5.18. The van der Waals surface area contributed by atoms with Crippen LogP contribution in [0.1, 0.15) is 20.3 Å². The highest BCUT2D eigenvalue weighted by molar-refractivity contribution is 5.87. The molecule has 0 spiro atoms. The summed E-state index contributed by atoms with van der Waals surface area (Å²) in [5, 5.41) is 11.1. The zero-order valence-electron chi connectivity index (χ0n) is 9.41. The minimum absolute atomic E-state index is 0.300. The van der Waals surface area contributed by atoms with Crippen LogP contribution in [0.5, 0.6) is 0 Å². The summed E-state index contributed by atoms with van der Waals surface area (Å²) in [4.78, 5) is 22.0. The molecule has 0 atom stereocenters. The fourth-order valence-corrected chi connectivity index (χ4v) is 1.05. The lowest BCUT2D eigenvalue weighted by molar-refractivity contribution is 0.251. The Bertz CT molecular complexity index is 380. The van der Waals surface area contributed by atoms with E-state index in [1.165, 1.54) is 12.1 Å². The fourth-order valence-electron chi connectivity index (χ4n) is 1.05. The molecule has 1 aromatic rings. The predicted octanol–water partition coefficient (Wildman–Crippen LogP) is 0.938. The monoisotopic (exact) mass is 224 g/mol. The number of rotatable bonds is 4. The van der Waals surface area contributed by atoms with Crippen molar-refractivity contribution in [3.8, 4) is 0 Å². The van der Waals surface area contributed by atoms with Crippen molar-refractivity contribution in [1.29, 1.82) is 0 Å². The highest BCUT2D eigenvalue weighted by atomic mass is 16.2. The number of carbonyl (C=O) groups excluding carboxylic acids is 1. The van der Waals surface area contributed by atoms with Gasteiger partial charge in [-0.3, -0.25) is 10.1 Å². The Kier molecular flexibility index (Phi) is 4.50. The van der Waals surface area contributed by atoms with Crippen LogP contribution in [0.2, 0.25) is 0 Å². The van der Waals surface area contributed by atoms with Gasteiger partial charge in [0.25, 0.3) is 5.56 Å². The third-order valence-corrected chi connectivity index (χ3v) is 1.93. The number of urea groups is 1.